The van der Waals surface area contributed by atoms with Crippen molar-refractivity contribution in [3.8, 4) is 6.07 Å². The fourth-order valence-corrected chi connectivity index (χ4v) is 27.6. The summed E-state index contributed by atoms with van der Waals surface area (Å²) in [6, 6.07) is 121. The highest BCUT2D eigenvalue weighted by Crippen LogP contribution is 2.37. The molecule has 11 rings (SSSR count). The Morgan fingerprint density at radius 2 is 0.456 bits per heavy atom. The third-order valence-electron chi connectivity index (χ3n) is 18.9. The summed E-state index contributed by atoms with van der Waals surface area (Å²) in [6.45, 7) is 52.8. The van der Waals surface area contributed by atoms with Crippen molar-refractivity contribution in [1.29, 1.82) is 5.26 Å². The second-order valence-electron chi connectivity index (χ2n) is 34.5. The van der Waals surface area contributed by atoms with Crippen LogP contribution in [0.25, 0.3) is 0 Å². The maximum Gasteiger partial charge on any atom is 0.179 e. The van der Waals surface area contributed by atoms with Gasteiger partial charge in [-0.1, -0.05) is 466 Å². The maximum absolute atomic E-state index is 8.15. The number of rotatable bonds is 11. The Labute approximate surface area is 633 Å². The van der Waals surface area contributed by atoms with Gasteiger partial charge >= 0.3 is 0 Å². The summed E-state index contributed by atoms with van der Waals surface area (Å²) in [5.74, 6) is 0.583. The van der Waals surface area contributed by atoms with Crippen LogP contribution in [0.3, 0.4) is 0 Å². The van der Waals surface area contributed by atoms with E-state index >= 15 is 0 Å². The first-order valence-electron chi connectivity index (χ1n) is 37.8. The van der Waals surface area contributed by atoms with E-state index in [-0.39, 0.29) is 27.2 Å². The van der Waals surface area contributed by atoms with Crippen LogP contribution in [0.15, 0.2) is 322 Å². The summed E-state index contributed by atoms with van der Waals surface area (Å²) in [6.07, 6.45) is 0. The van der Waals surface area contributed by atoms with Gasteiger partial charge in [-0.15, -0.1) is 0 Å². The summed E-state index contributed by atoms with van der Waals surface area (Å²) >= 11 is 0. The van der Waals surface area contributed by atoms with Crippen LogP contribution in [0.2, 0.25) is 29.7 Å². The molecule has 1 nitrogen and oxygen atoms in total. The smallest absolute Gasteiger partial charge is 0.179 e. The molecule has 0 aliphatic carbocycles. The summed E-state index contributed by atoms with van der Waals surface area (Å²) < 4.78 is 6.94. The van der Waals surface area contributed by atoms with Gasteiger partial charge in [0.1, 0.15) is 0 Å². The summed E-state index contributed by atoms with van der Waals surface area (Å²) in [5, 5.41) is 24.7. The molecular weight excluding hydrogens is 1300 g/mol. The molecule has 0 heterocycles. The molecule has 0 aromatic heterocycles. The van der Waals surface area contributed by atoms with E-state index < -0.39 is 32.3 Å². The Balaban J connectivity index is 0.000000244. The summed E-state index contributed by atoms with van der Waals surface area (Å²) in [5.41, 5.74) is 2.86. The molecule has 0 unspecified atom stereocenters. The molecule has 0 saturated carbocycles. The van der Waals surface area contributed by atoms with Gasteiger partial charge in [0.25, 0.3) is 0 Å². The van der Waals surface area contributed by atoms with Crippen LogP contribution < -0.4 is 57.1 Å². The topological polar surface area (TPSA) is 23.8 Å². The van der Waals surface area contributed by atoms with Gasteiger partial charge in [0.05, 0.1) is 6.07 Å². The molecule has 0 bridgehead atoms. The van der Waals surface area contributed by atoms with Crippen molar-refractivity contribution in [2.75, 3.05) is 0 Å². The Morgan fingerprint density at radius 3 is 0.641 bits per heavy atom. The largest absolute Gasteiger partial charge is 0.198 e. The van der Waals surface area contributed by atoms with Gasteiger partial charge in [0.15, 0.2) is 24.2 Å². The minimum absolute atomic E-state index is 0.111. The molecule has 103 heavy (non-hydrogen) atoms. The highest BCUT2D eigenvalue weighted by molar-refractivity contribution is 7.20. The minimum Gasteiger partial charge on any atom is -0.198 e. The first kappa shape index (κ1) is 83.7. The SMILES string of the molecule is CC(C)(C)C#N.CC(C)(C)[Si](C)(C)C.CC(C)(C)[Si](c1ccccc1)(c1ccccc1)c1ccccc1.CC(C)(C)c1ccc([Si](c2ccccc2)(c2ccccc2)c2ccccc2)cc1.CC(C)(C)c1cccc([Si](c2ccccc2)(c2ccccc2)c2ccccc2)c1.CC(C)C.[2H]C(C)(C)C. The van der Waals surface area contributed by atoms with E-state index in [0.717, 1.165) is 5.92 Å². The van der Waals surface area contributed by atoms with Crippen LogP contribution in [0.4, 0.5) is 0 Å². The molecule has 11 aromatic carbocycles. The Hall–Kier alpha value is -8.22. The first-order chi connectivity index (χ1) is 48.7. The molecule has 0 aliphatic heterocycles. The number of benzene rings is 11. The average Bonchev–Trinajstić information content (AvgIpc) is 0.744. The predicted molar refractivity (Wildman–Crippen MR) is 470 cm³/mol. The first-order valence-corrected chi connectivity index (χ1v) is 46.8. The summed E-state index contributed by atoms with van der Waals surface area (Å²) in [7, 11) is -7.78. The third kappa shape index (κ3) is 23.6. The Morgan fingerprint density at radius 1 is 0.272 bits per heavy atom. The molecule has 0 spiro atoms. The predicted octanol–water partition coefficient (Wildman–Crippen LogP) is 20.7. The molecule has 0 N–H and O–H groups in total. The zero-order valence-corrected chi connectivity index (χ0v) is 71.6. The van der Waals surface area contributed by atoms with Gasteiger partial charge in [-0.3, -0.25) is 0 Å². The molecule has 0 atom stereocenters. The second-order valence-corrected chi connectivity index (χ2v) is 52.9. The van der Waals surface area contributed by atoms with Crippen LogP contribution in [0.1, 0.15) is 158 Å². The van der Waals surface area contributed by atoms with Gasteiger partial charge < -0.3 is 0 Å². The second kappa shape index (κ2) is 38.5. The maximum atomic E-state index is 8.15. The Bertz CT molecular complexity index is 3920. The highest BCUT2D eigenvalue weighted by Gasteiger charge is 2.49. The molecule has 11 aromatic rings. The van der Waals surface area contributed by atoms with E-state index in [1.54, 1.807) is 0 Å². The number of hydrogen-bond acceptors (Lipinski definition) is 1. The van der Waals surface area contributed by atoms with Crippen molar-refractivity contribution in [1.82, 2.24) is 0 Å². The highest BCUT2D eigenvalue weighted by atomic mass is 28.3. The number of nitrogens with zero attached hydrogens (tertiary/aromatic N) is 1. The third-order valence-corrected chi connectivity index (χ3v) is 38.8. The van der Waals surface area contributed by atoms with Crippen LogP contribution in [-0.2, 0) is 10.8 Å². The van der Waals surface area contributed by atoms with Gasteiger partial charge in [-0.2, -0.15) is 5.26 Å². The lowest BCUT2D eigenvalue weighted by atomic mass is 9.87. The Kier molecular flexibility index (Phi) is 31.3. The van der Waals surface area contributed by atoms with Crippen molar-refractivity contribution >= 4 is 89.3 Å². The lowest BCUT2D eigenvalue weighted by Gasteiger charge is -2.44. The van der Waals surface area contributed by atoms with Crippen molar-refractivity contribution in [2.45, 2.75) is 186 Å². The molecule has 0 aliphatic rings. The lowest BCUT2D eigenvalue weighted by molar-refractivity contribution is 0.561. The van der Waals surface area contributed by atoms with Gasteiger partial charge in [0, 0.05) is 14.9 Å². The standard InChI is InChI=1S/2C28H28Si.C22H24Si.C7H18Si.C5H9N.2C4H10/c1-28(2,3)23-14-13-21-27(22-23)29(24-15-7-4-8-16-24,25-17-9-5-10-18-25)26-19-11-6-12-20-26;1-28(2,3)23-19-21-27(22-20-23)29(24-13-7-4-8-14-24,25-15-9-5-10-16-25)26-17-11-6-12-18-26;1-22(2,3)23(19-13-7-4-8-14-19,20-15-9-5-10-16-20)21-17-11-6-12-18-21;1-7(2,3)8(4,5)6;1-5(2,3)4-6;2*1-4(2)3/h2*4-22H,1-3H3;4-18H,1-3H3;1-6H3;1-3H3;2*4H,1-3H3/i;;;;;4D;. The van der Waals surface area contributed by atoms with Gasteiger partial charge in [0.2, 0.25) is 0 Å². The van der Waals surface area contributed by atoms with Crippen molar-refractivity contribution < 1.29 is 1.37 Å². The van der Waals surface area contributed by atoms with Gasteiger partial charge in [-0.25, -0.2) is 0 Å². The fourth-order valence-electron chi connectivity index (χ4n) is 12.4. The number of nitriles is 1. The quantitative estimate of drug-likeness (QED) is 0.0935. The van der Waals surface area contributed by atoms with E-state index in [1.807, 2.05) is 41.5 Å². The monoisotopic (exact) mass is 1430 g/mol. The van der Waals surface area contributed by atoms with Crippen molar-refractivity contribution in [3.05, 3.63) is 333 Å². The van der Waals surface area contributed by atoms with E-state index in [9.17, 15) is 0 Å². The van der Waals surface area contributed by atoms with Crippen molar-refractivity contribution in [3.63, 3.8) is 0 Å². The van der Waals surface area contributed by atoms with E-state index in [4.69, 9.17) is 6.63 Å². The lowest BCUT2D eigenvalue weighted by Crippen LogP contribution is -2.74. The molecule has 0 fully saturated rings. The van der Waals surface area contributed by atoms with Crippen LogP contribution in [0, 0.1) is 28.6 Å². The minimum atomic E-state index is -2.41. The summed E-state index contributed by atoms with van der Waals surface area (Å²) in [4.78, 5) is 0. The fraction of sp³-hybridized carbons (Fsp3) is 0.316. The van der Waals surface area contributed by atoms with E-state index in [2.05, 4.69) is 451 Å². The molecule has 0 radical (unpaired) electrons. The molecular formula is C98H127NSi4. The zero-order chi connectivity index (χ0) is 77.3. The van der Waals surface area contributed by atoms with Gasteiger partial charge in [-0.05, 0) is 122 Å². The normalized spacial score (nSPS) is 12.1. The molecule has 540 valence electrons. The van der Waals surface area contributed by atoms with Crippen molar-refractivity contribution in [2.24, 2.45) is 17.2 Å². The molecule has 5 heteroatoms. The van der Waals surface area contributed by atoms with Crippen LogP contribution >= 0.6 is 0 Å². The van der Waals surface area contributed by atoms with E-state index in [1.165, 1.54) is 68.2 Å². The van der Waals surface area contributed by atoms with E-state index in [0.29, 0.717) is 5.04 Å². The zero-order valence-electron chi connectivity index (χ0n) is 68.6. The van der Waals surface area contributed by atoms with Crippen LogP contribution in [0.5, 0.6) is 0 Å². The average molecular weight is 1430 g/mol. The molecule has 0 saturated heterocycles. The van der Waals surface area contributed by atoms with Crippen LogP contribution in [-0.4, -0.2) is 32.3 Å². The number of hydrogen-bond donors (Lipinski definition) is 0. The molecule has 0 amide bonds.